The standard InChI is InChI=1S/C18H35N3O2.C6H12.C5H10O2.C2H6/c1-12(2)21(14-10-8-7-9-13(14)3)17(23)16(18(4,5)6)20-15(22)11-19;1-2-4-6-5-3-1;1-5(2,3)7-4-6;1-2/h12-14,16H,7-11,19H2,1-6H3,(H,20,22);1-6H2;4H,1-3H3;1-2H3. The number of amides is 2. The molecular weight excluding hydrogens is 478 g/mol. The van der Waals surface area contributed by atoms with Gasteiger partial charge in [0.2, 0.25) is 11.8 Å². The third kappa shape index (κ3) is 17.1. The van der Waals surface area contributed by atoms with Gasteiger partial charge in [0.05, 0.1) is 6.54 Å². The first-order valence-electron chi connectivity index (χ1n) is 15.1. The Morgan fingerprint density at radius 3 is 1.66 bits per heavy atom. The van der Waals surface area contributed by atoms with Gasteiger partial charge in [-0.25, -0.2) is 0 Å². The second kappa shape index (κ2) is 20.3. The highest BCUT2D eigenvalue weighted by molar-refractivity contribution is 5.89. The Morgan fingerprint density at radius 2 is 1.37 bits per heavy atom. The quantitative estimate of drug-likeness (QED) is 0.368. The van der Waals surface area contributed by atoms with Gasteiger partial charge in [-0.2, -0.15) is 0 Å². The van der Waals surface area contributed by atoms with E-state index in [2.05, 4.69) is 30.8 Å². The van der Waals surface area contributed by atoms with Crippen molar-refractivity contribution in [2.45, 2.75) is 164 Å². The van der Waals surface area contributed by atoms with Gasteiger partial charge in [-0.15, -0.1) is 0 Å². The molecule has 226 valence electrons. The summed E-state index contributed by atoms with van der Waals surface area (Å²) < 4.78 is 4.55. The summed E-state index contributed by atoms with van der Waals surface area (Å²) in [6.45, 7) is 22.1. The topological polar surface area (TPSA) is 102 Å². The molecule has 2 amide bonds. The average Bonchev–Trinajstić information content (AvgIpc) is 2.85. The molecule has 0 spiro atoms. The van der Waals surface area contributed by atoms with E-state index in [1.807, 2.05) is 60.3 Å². The van der Waals surface area contributed by atoms with Gasteiger partial charge < -0.3 is 20.7 Å². The molecule has 2 fully saturated rings. The molecule has 3 unspecified atom stereocenters. The minimum atomic E-state index is -0.546. The van der Waals surface area contributed by atoms with Gasteiger partial charge >= 0.3 is 0 Å². The van der Waals surface area contributed by atoms with Crippen LogP contribution in [0.2, 0.25) is 0 Å². The highest BCUT2D eigenvalue weighted by Crippen LogP contribution is 2.31. The van der Waals surface area contributed by atoms with Crippen LogP contribution < -0.4 is 11.1 Å². The molecule has 7 nitrogen and oxygen atoms in total. The van der Waals surface area contributed by atoms with Gasteiger partial charge in [0, 0.05) is 12.1 Å². The number of rotatable bonds is 6. The Morgan fingerprint density at radius 1 is 0.921 bits per heavy atom. The summed E-state index contributed by atoms with van der Waals surface area (Å²) in [7, 11) is 0. The predicted octanol–water partition coefficient (Wildman–Crippen LogP) is 6.62. The van der Waals surface area contributed by atoms with Crippen molar-refractivity contribution < 1.29 is 19.1 Å². The molecule has 3 N–H and O–H groups in total. The van der Waals surface area contributed by atoms with Crippen LogP contribution in [0.15, 0.2) is 0 Å². The summed E-state index contributed by atoms with van der Waals surface area (Å²) in [5.74, 6) is 0.243. The van der Waals surface area contributed by atoms with E-state index < -0.39 is 6.04 Å². The van der Waals surface area contributed by atoms with Crippen molar-refractivity contribution in [1.82, 2.24) is 10.2 Å². The summed E-state index contributed by atoms with van der Waals surface area (Å²) in [4.78, 5) is 36.7. The van der Waals surface area contributed by atoms with E-state index in [0.717, 1.165) is 12.8 Å². The van der Waals surface area contributed by atoms with E-state index in [4.69, 9.17) is 5.73 Å². The monoisotopic (exact) mass is 541 g/mol. The molecule has 0 bridgehead atoms. The lowest BCUT2D eigenvalue weighted by Gasteiger charge is -2.44. The molecule has 2 saturated carbocycles. The van der Waals surface area contributed by atoms with Crippen molar-refractivity contribution in [3.63, 3.8) is 0 Å². The molecular formula is C31H63N3O4. The third-order valence-electron chi connectivity index (χ3n) is 6.74. The Balaban J connectivity index is 0. The van der Waals surface area contributed by atoms with Gasteiger partial charge in [-0.1, -0.05) is 92.9 Å². The second-order valence-electron chi connectivity index (χ2n) is 12.7. The minimum absolute atomic E-state index is 0.0213. The normalized spacial score (nSPS) is 20.1. The Bertz CT molecular complexity index is 623. The van der Waals surface area contributed by atoms with Crippen LogP contribution in [0.4, 0.5) is 0 Å². The van der Waals surface area contributed by atoms with E-state index in [1.54, 1.807) is 0 Å². The summed E-state index contributed by atoms with van der Waals surface area (Å²) in [6.07, 6.45) is 13.6. The summed E-state index contributed by atoms with van der Waals surface area (Å²) in [5.41, 5.74) is 4.76. The fraction of sp³-hybridized carbons (Fsp3) is 0.903. The zero-order valence-electron chi connectivity index (χ0n) is 26.8. The zero-order valence-corrected chi connectivity index (χ0v) is 26.8. The lowest BCUT2D eigenvalue weighted by molar-refractivity contribution is -0.145. The lowest BCUT2D eigenvalue weighted by Crippen LogP contribution is -2.60. The van der Waals surface area contributed by atoms with Crippen molar-refractivity contribution in [1.29, 1.82) is 0 Å². The van der Waals surface area contributed by atoms with E-state index in [-0.39, 0.29) is 41.5 Å². The molecule has 38 heavy (non-hydrogen) atoms. The van der Waals surface area contributed by atoms with Crippen molar-refractivity contribution in [2.24, 2.45) is 17.1 Å². The number of carbonyl (C=O) groups is 3. The van der Waals surface area contributed by atoms with E-state index in [9.17, 15) is 14.4 Å². The van der Waals surface area contributed by atoms with E-state index in [1.165, 1.54) is 51.4 Å². The summed E-state index contributed by atoms with van der Waals surface area (Å²) in [6, 6.07) is -0.168. The van der Waals surface area contributed by atoms with E-state index >= 15 is 0 Å². The maximum atomic E-state index is 13.3. The smallest absolute Gasteiger partial charge is 0.293 e. The molecule has 0 aliphatic heterocycles. The molecule has 0 heterocycles. The van der Waals surface area contributed by atoms with Crippen LogP contribution in [0.3, 0.4) is 0 Å². The van der Waals surface area contributed by atoms with Crippen molar-refractivity contribution >= 4 is 18.3 Å². The maximum absolute atomic E-state index is 13.3. The van der Waals surface area contributed by atoms with Crippen LogP contribution in [0.25, 0.3) is 0 Å². The van der Waals surface area contributed by atoms with Crippen LogP contribution >= 0.6 is 0 Å². The van der Waals surface area contributed by atoms with Crippen molar-refractivity contribution in [3.8, 4) is 0 Å². The van der Waals surface area contributed by atoms with Gasteiger partial charge in [0.15, 0.2) is 0 Å². The molecule has 2 aliphatic rings. The van der Waals surface area contributed by atoms with Crippen LogP contribution in [-0.2, 0) is 19.1 Å². The molecule has 0 radical (unpaired) electrons. The van der Waals surface area contributed by atoms with Gasteiger partial charge in [-0.3, -0.25) is 14.4 Å². The zero-order chi connectivity index (χ0) is 29.9. The highest BCUT2D eigenvalue weighted by atomic mass is 16.5. The van der Waals surface area contributed by atoms with Gasteiger partial charge in [0.25, 0.3) is 6.47 Å². The third-order valence-corrected chi connectivity index (χ3v) is 6.74. The molecule has 0 aromatic rings. The molecule has 0 saturated heterocycles. The van der Waals surface area contributed by atoms with Crippen LogP contribution in [-0.4, -0.2) is 53.5 Å². The number of ether oxygens (including phenoxy) is 1. The number of hydrogen-bond acceptors (Lipinski definition) is 5. The Hall–Kier alpha value is -1.63. The lowest BCUT2D eigenvalue weighted by atomic mass is 9.81. The fourth-order valence-electron chi connectivity index (χ4n) is 4.73. The minimum Gasteiger partial charge on any atom is -0.462 e. The molecule has 0 aromatic carbocycles. The first-order valence-corrected chi connectivity index (χ1v) is 15.1. The Kier molecular flexibility index (Phi) is 20.6. The number of hydrogen-bond donors (Lipinski definition) is 2. The molecule has 7 heteroatoms. The fourth-order valence-corrected chi connectivity index (χ4v) is 4.73. The number of carbonyl (C=O) groups excluding carboxylic acids is 3. The van der Waals surface area contributed by atoms with Crippen molar-refractivity contribution in [3.05, 3.63) is 0 Å². The molecule has 3 atom stereocenters. The van der Waals surface area contributed by atoms with Gasteiger partial charge in [0.1, 0.15) is 11.6 Å². The molecule has 0 aromatic heterocycles. The largest absolute Gasteiger partial charge is 0.462 e. The average molecular weight is 542 g/mol. The Labute approximate surface area is 235 Å². The number of nitrogens with two attached hydrogens (primary N) is 1. The van der Waals surface area contributed by atoms with Crippen LogP contribution in [0, 0.1) is 11.3 Å². The molecule has 2 rings (SSSR count). The summed E-state index contributed by atoms with van der Waals surface area (Å²) in [5, 5.41) is 2.84. The van der Waals surface area contributed by atoms with Crippen LogP contribution in [0.5, 0.6) is 0 Å². The number of nitrogens with one attached hydrogen (secondary N) is 1. The maximum Gasteiger partial charge on any atom is 0.293 e. The first kappa shape index (κ1) is 38.5. The van der Waals surface area contributed by atoms with Crippen LogP contribution in [0.1, 0.15) is 140 Å². The number of nitrogens with zero attached hydrogens (tertiary/aromatic N) is 1. The van der Waals surface area contributed by atoms with E-state index in [0.29, 0.717) is 12.4 Å². The first-order chi connectivity index (χ1) is 17.7. The van der Waals surface area contributed by atoms with Crippen molar-refractivity contribution in [2.75, 3.05) is 6.54 Å². The predicted molar refractivity (Wildman–Crippen MR) is 160 cm³/mol. The van der Waals surface area contributed by atoms with Gasteiger partial charge in [-0.05, 0) is 58.8 Å². The SMILES string of the molecule is C1CCCCC1.CC.CC(C)(C)OC=O.CC1CCCCC1N(C(=O)C(NC(=O)CN)C(C)(C)C)C(C)C. The highest BCUT2D eigenvalue weighted by Gasteiger charge is 2.40. The molecule has 2 aliphatic carbocycles. The second-order valence-corrected chi connectivity index (χ2v) is 12.7. The summed E-state index contributed by atoms with van der Waals surface area (Å²) >= 11 is 0.